The third-order valence-corrected chi connectivity index (χ3v) is 6.30. The summed E-state index contributed by atoms with van der Waals surface area (Å²) in [7, 11) is -2.22. The van der Waals surface area contributed by atoms with Crippen LogP contribution in [0.1, 0.15) is 0 Å². The maximum absolute atomic E-state index is 5.47. The van der Waals surface area contributed by atoms with Gasteiger partial charge in [-0.1, -0.05) is 5.70 Å². The zero-order chi connectivity index (χ0) is 6.62. The zero-order valence-electron chi connectivity index (χ0n) is 5.28. The number of hydrogen-bond acceptors (Lipinski definition) is 1. The normalized spacial score (nSPS) is 12.9. The predicted octanol–water partition coefficient (Wildman–Crippen LogP) is 1.17. The van der Waals surface area contributed by atoms with E-state index in [1.165, 1.54) is 0 Å². The average molecular weight is 167 g/mol. The van der Waals surface area contributed by atoms with Crippen molar-refractivity contribution in [2.24, 2.45) is 0 Å². The first kappa shape index (κ1) is 8.42. The molecule has 0 spiro atoms. The van der Waals surface area contributed by atoms with Gasteiger partial charge in [-0.15, -0.1) is 17.7 Å². The van der Waals surface area contributed by atoms with Gasteiger partial charge in [0.05, 0.1) is 0 Å². The topological polar surface area (TPSA) is 9.23 Å². The van der Waals surface area contributed by atoms with Crippen molar-refractivity contribution < 1.29 is 4.12 Å². The Morgan fingerprint density at radius 2 is 2.25 bits per heavy atom. The van der Waals surface area contributed by atoms with Crippen LogP contribution in [-0.4, -0.2) is 17.4 Å². The predicted molar refractivity (Wildman–Crippen MR) is 43.2 cm³/mol. The molecule has 0 unspecified atom stereocenters. The molecular formula is C4H11ClOSi2. The summed E-state index contributed by atoms with van der Waals surface area (Å²) in [5, 5.41) is 0. The molecule has 48 valence electrons. The van der Waals surface area contributed by atoms with Gasteiger partial charge in [0.15, 0.2) is 8.32 Å². The van der Waals surface area contributed by atoms with Crippen molar-refractivity contribution in [1.29, 1.82) is 0 Å². The highest BCUT2D eigenvalue weighted by atomic mass is 35.6. The minimum Gasteiger partial charge on any atom is -0.446 e. The van der Waals surface area contributed by atoms with Gasteiger partial charge in [0.1, 0.15) is 0 Å². The molecule has 0 aromatic rings. The number of rotatable bonds is 3. The van der Waals surface area contributed by atoms with Crippen LogP contribution in [0, 0.1) is 0 Å². The summed E-state index contributed by atoms with van der Waals surface area (Å²) < 4.78 is 5.30. The highest BCUT2D eigenvalue weighted by molar-refractivity contribution is 6.95. The SMILES string of the molecule is C=C[Si](C)(C)O[SiH2]Cl. The molecule has 0 saturated carbocycles. The molecule has 0 heterocycles. The fourth-order valence-corrected chi connectivity index (χ4v) is 4.33. The molecule has 0 radical (unpaired) electrons. The first-order valence-corrected chi connectivity index (χ1v) is 8.16. The van der Waals surface area contributed by atoms with Crippen LogP contribution < -0.4 is 0 Å². The summed E-state index contributed by atoms with van der Waals surface area (Å²) in [6.07, 6.45) is 0. The number of halogens is 1. The molecule has 1 nitrogen and oxygen atoms in total. The fraction of sp³-hybridized carbons (Fsp3) is 0.500. The Morgan fingerprint density at radius 3 is 2.38 bits per heavy atom. The van der Waals surface area contributed by atoms with Crippen LogP contribution in [0.15, 0.2) is 12.3 Å². The molecule has 0 aliphatic carbocycles. The second-order valence-corrected chi connectivity index (χ2v) is 7.70. The molecule has 8 heavy (non-hydrogen) atoms. The zero-order valence-corrected chi connectivity index (χ0v) is 8.45. The van der Waals surface area contributed by atoms with Gasteiger partial charge in [-0.3, -0.25) is 0 Å². The molecule has 0 bridgehead atoms. The van der Waals surface area contributed by atoms with E-state index in [2.05, 4.69) is 19.7 Å². The average Bonchev–Trinajstić information content (AvgIpc) is 1.67. The lowest BCUT2D eigenvalue weighted by atomic mass is 11.3. The molecule has 4 heteroatoms. The van der Waals surface area contributed by atoms with Crippen LogP contribution >= 0.6 is 11.1 Å². The molecule has 0 N–H and O–H groups in total. The van der Waals surface area contributed by atoms with Crippen molar-refractivity contribution in [3.8, 4) is 0 Å². The van der Waals surface area contributed by atoms with E-state index in [1.54, 1.807) is 0 Å². The minimum absolute atomic E-state index is 0.738. The standard InChI is InChI=1S/C4H11ClOSi2/c1-4-8(2,3)6-7-5/h4H,1,7H2,2-3H3. The maximum atomic E-state index is 5.47. The van der Waals surface area contributed by atoms with Gasteiger partial charge < -0.3 is 4.12 Å². The summed E-state index contributed by atoms with van der Waals surface area (Å²) >= 11 is 5.47. The number of hydrogen-bond donors (Lipinski definition) is 0. The third-order valence-electron chi connectivity index (χ3n) is 0.918. The Kier molecular flexibility index (Phi) is 3.63. The second kappa shape index (κ2) is 3.45. The highest BCUT2D eigenvalue weighted by Crippen LogP contribution is 2.03. The van der Waals surface area contributed by atoms with Crippen molar-refractivity contribution in [1.82, 2.24) is 0 Å². The smallest absolute Gasteiger partial charge is 0.248 e. The summed E-state index contributed by atoms with van der Waals surface area (Å²) in [6.45, 7) is 7.81. The minimum atomic E-state index is -1.48. The molecule has 0 aromatic carbocycles. The van der Waals surface area contributed by atoms with Crippen molar-refractivity contribution in [2.45, 2.75) is 13.1 Å². The van der Waals surface area contributed by atoms with Crippen molar-refractivity contribution in [3.63, 3.8) is 0 Å². The van der Waals surface area contributed by atoms with E-state index in [0.717, 1.165) is 0 Å². The molecule has 0 amide bonds. The van der Waals surface area contributed by atoms with Crippen LogP contribution in [0.25, 0.3) is 0 Å². The molecule has 0 rings (SSSR count). The van der Waals surface area contributed by atoms with Crippen molar-refractivity contribution >= 4 is 28.5 Å². The second-order valence-electron chi connectivity index (χ2n) is 2.06. The Bertz CT molecular complexity index is 84.1. The lowest BCUT2D eigenvalue weighted by molar-refractivity contribution is 0.620. The molecular weight excluding hydrogens is 156 g/mol. The molecule has 0 saturated heterocycles. The van der Waals surface area contributed by atoms with Gasteiger partial charge in [-0.25, -0.2) is 0 Å². The van der Waals surface area contributed by atoms with Gasteiger partial charge in [-0.2, -0.15) is 0 Å². The quantitative estimate of drug-likeness (QED) is 0.452. The van der Waals surface area contributed by atoms with E-state index < -0.39 is 17.4 Å². The lowest BCUT2D eigenvalue weighted by Gasteiger charge is -2.15. The fourth-order valence-electron chi connectivity index (χ4n) is 0.200. The Hall–Kier alpha value is 0.424. The van der Waals surface area contributed by atoms with Crippen LogP contribution in [0.5, 0.6) is 0 Å². The summed E-state index contributed by atoms with van der Waals surface area (Å²) in [6, 6.07) is 0. The first-order valence-electron chi connectivity index (χ1n) is 2.46. The van der Waals surface area contributed by atoms with Gasteiger partial charge in [0.25, 0.3) is 0 Å². The summed E-state index contributed by atoms with van der Waals surface area (Å²) in [4.78, 5) is 0. The Morgan fingerprint density at radius 1 is 1.75 bits per heavy atom. The van der Waals surface area contributed by atoms with Crippen LogP contribution in [0.2, 0.25) is 13.1 Å². The molecule has 0 fully saturated rings. The van der Waals surface area contributed by atoms with Gasteiger partial charge in [-0.05, 0) is 13.1 Å². The van der Waals surface area contributed by atoms with Gasteiger partial charge in [0, 0.05) is 0 Å². The molecule has 0 aromatic heterocycles. The van der Waals surface area contributed by atoms with E-state index in [4.69, 9.17) is 15.2 Å². The monoisotopic (exact) mass is 166 g/mol. The van der Waals surface area contributed by atoms with E-state index in [-0.39, 0.29) is 0 Å². The summed E-state index contributed by atoms with van der Waals surface area (Å²) in [5.41, 5.74) is 1.89. The highest BCUT2D eigenvalue weighted by Gasteiger charge is 2.14. The van der Waals surface area contributed by atoms with E-state index in [0.29, 0.717) is 0 Å². The molecule has 0 aliphatic heterocycles. The molecule has 0 atom stereocenters. The van der Waals surface area contributed by atoms with Gasteiger partial charge in [0.2, 0.25) is 9.07 Å². The third kappa shape index (κ3) is 3.43. The van der Waals surface area contributed by atoms with Crippen LogP contribution in [0.3, 0.4) is 0 Å². The van der Waals surface area contributed by atoms with Crippen molar-refractivity contribution in [3.05, 3.63) is 12.3 Å². The van der Waals surface area contributed by atoms with E-state index >= 15 is 0 Å². The largest absolute Gasteiger partial charge is 0.446 e. The van der Waals surface area contributed by atoms with Crippen LogP contribution in [-0.2, 0) is 4.12 Å². The van der Waals surface area contributed by atoms with E-state index in [9.17, 15) is 0 Å². The van der Waals surface area contributed by atoms with Gasteiger partial charge >= 0.3 is 0 Å². The van der Waals surface area contributed by atoms with Crippen molar-refractivity contribution in [2.75, 3.05) is 0 Å². The molecule has 0 aliphatic rings. The van der Waals surface area contributed by atoms with E-state index in [1.807, 2.05) is 5.70 Å². The summed E-state index contributed by atoms with van der Waals surface area (Å²) in [5.74, 6) is 0. The lowest BCUT2D eigenvalue weighted by Crippen LogP contribution is -2.27. The Labute approximate surface area is 58.5 Å². The Balaban J connectivity index is 3.53. The first-order chi connectivity index (χ1) is 3.62. The van der Waals surface area contributed by atoms with Crippen LogP contribution in [0.4, 0.5) is 0 Å². The maximum Gasteiger partial charge on any atom is 0.248 e.